The van der Waals surface area contributed by atoms with Crippen molar-refractivity contribution in [3.63, 3.8) is 0 Å². The van der Waals surface area contributed by atoms with E-state index in [1.165, 1.54) is 238 Å². The van der Waals surface area contributed by atoms with Crippen LogP contribution in [0, 0.1) is 5.92 Å². The second-order valence-corrected chi connectivity index (χ2v) is 32.9. The normalized spacial score (nSPS) is 14.0. The Morgan fingerprint density at radius 1 is 0.301 bits per heavy atom. The van der Waals surface area contributed by atoms with Crippen LogP contribution in [0.4, 0.5) is 0 Å². The highest BCUT2D eigenvalue weighted by atomic mass is 31.2. The molecule has 0 aliphatic rings. The monoisotopic (exact) mass is 1500 g/mol. The molecule has 0 amide bonds. The zero-order chi connectivity index (χ0) is 75.5. The number of ether oxygens (including phenoxy) is 4. The maximum absolute atomic E-state index is 13.1. The third-order valence-electron chi connectivity index (χ3n) is 19.2. The molecule has 0 aromatic heterocycles. The van der Waals surface area contributed by atoms with E-state index in [-0.39, 0.29) is 25.7 Å². The number of hydrogen-bond acceptors (Lipinski definition) is 15. The molecule has 0 aromatic rings. The molecular weight excluding hydrogens is 1340 g/mol. The molecule has 0 aliphatic carbocycles. The topological polar surface area (TPSA) is 237 Å². The van der Waals surface area contributed by atoms with Crippen molar-refractivity contribution in [2.45, 2.75) is 445 Å². The van der Waals surface area contributed by atoms with Crippen molar-refractivity contribution in [2.75, 3.05) is 39.6 Å². The van der Waals surface area contributed by atoms with Gasteiger partial charge in [0.25, 0.3) is 0 Å². The van der Waals surface area contributed by atoms with Gasteiger partial charge in [0.15, 0.2) is 12.2 Å². The molecule has 3 N–H and O–H groups in total. The molecule has 0 bridgehead atoms. The SMILES string of the molecule is CCCCCC/C=C\C=C/CCCCCCCC(=O)O[C@H](COC(=O)CCCCCCCCCCCC)COP(=O)(O)OC[C@H](O)COP(=O)(O)OC[C@@H](COC(=O)CCCCCCCCCCCCCCCCCCC)OC(=O)CCCCCCCCCCCCCCCCCCCCC(C)C. The second kappa shape index (κ2) is 76.3. The van der Waals surface area contributed by atoms with Gasteiger partial charge in [-0.05, 0) is 57.3 Å². The fourth-order valence-electron chi connectivity index (χ4n) is 12.6. The third kappa shape index (κ3) is 77.5. The molecule has 2 unspecified atom stereocenters. The van der Waals surface area contributed by atoms with Gasteiger partial charge in [-0.1, -0.05) is 374 Å². The van der Waals surface area contributed by atoms with Gasteiger partial charge in [-0.2, -0.15) is 0 Å². The van der Waals surface area contributed by atoms with Gasteiger partial charge in [-0.3, -0.25) is 37.3 Å². The largest absolute Gasteiger partial charge is 0.472 e. The minimum Gasteiger partial charge on any atom is -0.462 e. The average Bonchev–Trinajstić information content (AvgIpc) is 0.949. The number of aliphatic hydroxyl groups is 1. The molecule has 0 radical (unpaired) electrons. The summed E-state index contributed by atoms with van der Waals surface area (Å²) >= 11 is 0. The average molecular weight is 1500 g/mol. The van der Waals surface area contributed by atoms with Crippen LogP contribution in [0.15, 0.2) is 24.3 Å². The molecular formula is C84H160O17P2. The lowest BCUT2D eigenvalue weighted by Crippen LogP contribution is -2.30. The summed E-state index contributed by atoms with van der Waals surface area (Å²) in [5, 5.41) is 10.7. The molecule has 0 saturated heterocycles. The summed E-state index contributed by atoms with van der Waals surface area (Å²) in [6.07, 6.45) is 71.6. The number of allylic oxidation sites excluding steroid dienone is 4. The molecule has 0 rings (SSSR count). The summed E-state index contributed by atoms with van der Waals surface area (Å²) < 4.78 is 68.7. The van der Waals surface area contributed by atoms with Gasteiger partial charge >= 0.3 is 39.5 Å². The summed E-state index contributed by atoms with van der Waals surface area (Å²) in [6, 6.07) is 0. The summed E-state index contributed by atoms with van der Waals surface area (Å²) in [5.41, 5.74) is 0. The van der Waals surface area contributed by atoms with E-state index in [0.717, 1.165) is 109 Å². The van der Waals surface area contributed by atoms with Crippen molar-refractivity contribution in [3.05, 3.63) is 24.3 Å². The maximum atomic E-state index is 13.1. The lowest BCUT2D eigenvalue weighted by Gasteiger charge is -2.21. The number of esters is 4. The van der Waals surface area contributed by atoms with Crippen LogP contribution in [0.25, 0.3) is 0 Å². The van der Waals surface area contributed by atoms with Crippen LogP contribution in [-0.2, 0) is 65.4 Å². The number of hydrogen-bond donors (Lipinski definition) is 3. The molecule has 5 atom stereocenters. The Bertz CT molecular complexity index is 2060. The van der Waals surface area contributed by atoms with E-state index in [1.807, 2.05) is 0 Å². The van der Waals surface area contributed by atoms with E-state index in [2.05, 4.69) is 58.9 Å². The van der Waals surface area contributed by atoms with Crippen LogP contribution in [0.5, 0.6) is 0 Å². The lowest BCUT2D eigenvalue weighted by molar-refractivity contribution is -0.161. The molecule has 0 aliphatic heterocycles. The van der Waals surface area contributed by atoms with Gasteiger partial charge in [-0.25, -0.2) is 9.13 Å². The van der Waals surface area contributed by atoms with Crippen LogP contribution in [0.2, 0.25) is 0 Å². The van der Waals surface area contributed by atoms with E-state index in [1.54, 1.807) is 0 Å². The first-order valence-corrected chi connectivity index (χ1v) is 45.9. The highest BCUT2D eigenvalue weighted by Crippen LogP contribution is 2.45. The fraction of sp³-hybridized carbons (Fsp3) is 0.905. The quantitative estimate of drug-likeness (QED) is 0.0169. The molecule has 19 heteroatoms. The lowest BCUT2D eigenvalue weighted by atomic mass is 10.0. The first-order valence-electron chi connectivity index (χ1n) is 43.0. The highest BCUT2D eigenvalue weighted by molar-refractivity contribution is 7.47. The van der Waals surface area contributed by atoms with E-state index in [4.69, 9.17) is 37.0 Å². The summed E-state index contributed by atoms with van der Waals surface area (Å²) in [7, 11) is -9.93. The van der Waals surface area contributed by atoms with Gasteiger partial charge in [0.1, 0.15) is 19.3 Å². The van der Waals surface area contributed by atoms with Gasteiger partial charge in [-0.15, -0.1) is 0 Å². The number of carbonyl (C=O) groups is 4. The predicted octanol–water partition coefficient (Wildman–Crippen LogP) is 25.1. The smallest absolute Gasteiger partial charge is 0.462 e. The van der Waals surface area contributed by atoms with Gasteiger partial charge in [0, 0.05) is 25.7 Å². The second-order valence-electron chi connectivity index (χ2n) is 30.0. The molecule has 608 valence electrons. The van der Waals surface area contributed by atoms with E-state index in [0.29, 0.717) is 25.7 Å². The van der Waals surface area contributed by atoms with Crippen molar-refractivity contribution >= 4 is 39.5 Å². The Morgan fingerprint density at radius 3 is 0.796 bits per heavy atom. The van der Waals surface area contributed by atoms with Gasteiger partial charge in [0.2, 0.25) is 0 Å². The Kier molecular flexibility index (Phi) is 74.5. The molecule has 0 saturated carbocycles. The Labute approximate surface area is 631 Å². The zero-order valence-corrected chi connectivity index (χ0v) is 68.7. The van der Waals surface area contributed by atoms with Crippen molar-refractivity contribution in [1.29, 1.82) is 0 Å². The number of phosphoric ester groups is 2. The number of rotatable bonds is 82. The van der Waals surface area contributed by atoms with Gasteiger partial charge < -0.3 is 33.8 Å². The molecule has 0 aromatic carbocycles. The van der Waals surface area contributed by atoms with Crippen LogP contribution >= 0.6 is 15.6 Å². The molecule has 17 nitrogen and oxygen atoms in total. The Morgan fingerprint density at radius 2 is 0.524 bits per heavy atom. The number of carbonyl (C=O) groups excluding carboxylic acids is 4. The van der Waals surface area contributed by atoms with Crippen molar-refractivity contribution in [2.24, 2.45) is 5.92 Å². The summed E-state index contributed by atoms with van der Waals surface area (Å²) in [6.45, 7) is 7.31. The van der Waals surface area contributed by atoms with Crippen LogP contribution in [-0.4, -0.2) is 96.7 Å². The minimum atomic E-state index is -4.97. The summed E-state index contributed by atoms with van der Waals surface area (Å²) in [5.74, 6) is -1.31. The van der Waals surface area contributed by atoms with Crippen LogP contribution in [0.3, 0.4) is 0 Å². The van der Waals surface area contributed by atoms with Crippen molar-refractivity contribution < 1.29 is 80.2 Å². The minimum absolute atomic E-state index is 0.0856. The first-order chi connectivity index (χ1) is 50.0. The predicted molar refractivity (Wildman–Crippen MR) is 423 cm³/mol. The van der Waals surface area contributed by atoms with Crippen molar-refractivity contribution in [1.82, 2.24) is 0 Å². The fourth-order valence-corrected chi connectivity index (χ4v) is 14.2. The van der Waals surface area contributed by atoms with Gasteiger partial charge in [0.05, 0.1) is 26.4 Å². The molecule has 103 heavy (non-hydrogen) atoms. The number of aliphatic hydroxyl groups excluding tert-OH is 1. The highest BCUT2D eigenvalue weighted by Gasteiger charge is 2.30. The molecule has 0 spiro atoms. The first kappa shape index (κ1) is 101. The third-order valence-corrected chi connectivity index (χ3v) is 21.1. The van der Waals surface area contributed by atoms with Crippen LogP contribution in [0.1, 0.15) is 426 Å². The molecule has 0 fully saturated rings. The molecule has 0 heterocycles. The summed E-state index contributed by atoms with van der Waals surface area (Å²) in [4.78, 5) is 73.1. The number of phosphoric acid groups is 2. The van der Waals surface area contributed by atoms with E-state index < -0.39 is 97.5 Å². The number of unbranched alkanes of at least 4 members (excludes halogenated alkanes) is 51. The Hall–Kier alpha value is -2.46. The Balaban J connectivity index is 5.25. The maximum Gasteiger partial charge on any atom is 0.472 e. The standard InChI is InChI=1S/C84H160O17P2/c1-6-9-12-15-18-21-24-26-28-31-36-39-43-48-53-58-63-68-82(87)95-74-80(101-84(89)70-65-60-55-50-45-41-37-33-30-29-32-35-38-42-46-51-56-61-66-77(4)5)76-99-103(92,93)97-72-78(85)71-96-102(90,91)98-75-79(73-94-81(86)67-62-57-52-47-23-20-17-14-11-8-3)100-83(88)69-64-59-54-49-44-40-34-27-25-22-19-16-13-10-7-2/h22,25,27,34,77-80,85H,6-21,23-24,26,28-33,35-76H2,1-5H3,(H,90,91)(H,92,93)/b25-22-,34-27-/t78-,79+,80+/m0/s1. The zero-order valence-electron chi connectivity index (χ0n) is 66.9. The van der Waals surface area contributed by atoms with Crippen LogP contribution < -0.4 is 0 Å². The van der Waals surface area contributed by atoms with E-state index in [9.17, 15) is 43.2 Å². The van der Waals surface area contributed by atoms with E-state index >= 15 is 0 Å². The van der Waals surface area contributed by atoms with Crippen molar-refractivity contribution in [3.8, 4) is 0 Å².